The van der Waals surface area contributed by atoms with Crippen molar-refractivity contribution in [2.24, 2.45) is 12.5 Å². The van der Waals surface area contributed by atoms with Gasteiger partial charge in [0.15, 0.2) is 0 Å². The first kappa shape index (κ1) is 23.9. The number of nitrogens with zero attached hydrogens (tertiary/aromatic N) is 6. The highest BCUT2D eigenvalue weighted by molar-refractivity contribution is 5.99. The van der Waals surface area contributed by atoms with Crippen LogP contribution >= 0.6 is 0 Å². The Labute approximate surface area is 222 Å². The molecule has 1 amide bonds. The van der Waals surface area contributed by atoms with E-state index in [1.165, 1.54) is 6.08 Å². The fourth-order valence-corrected chi connectivity index (χ4v) is 6.22. The van der Waals surface area contributed by atoms with Gasteiger partial charge in [0.1, 0.15) is 6.07 Å². The first-order chi connectivity index (χ1) is 18.4. The monoisotopic (exact) mass is 502 g/mol. The molecule has 0 unspecified atom stereocenters. The lowest BCUT2D eigenvalue weighted by molar-refractivity contribution is -0.136. The molecule has 7 nitrogen and oxygen atoms in total. The average molecular weight is 503 g/mol. The maximum atomic E-state index is 12.1. The zero-order valence-electron chi connectivity index (χ0n) is 21.8. The van der Waals surface area contributed by atoms with Crippen molar-refractivity contribution in [1.82, 2.24) is 19.7 Å². The summed E-state index contributed by atoms with van der Waals surface area (Å²) in [6, 6.07) is 17.0. The van der Waals surface area contributed by atoms with Gasteiger partial charge < -0.3 is 9.80 Å². The van der Waals surface area contributed by atoms with E-state index in [2.05, 4.69) is 53.8 Å². The maximum absolute atomic E-state index is 12.1. The van der Waals surface area contributed by atoms with Crippen LogP contribution in [0, 0.1) is 23.7 Å². The number of benzene rings is 2. The summed E-state index contributed by atoms with van der Waals surface area (Å²) in [7, 11) is 1.95. The normalized spacial score (nSPS) is 16.0. The van der Waals surface area contributed by atoms with Gasteiger partial charge >= 0.3 is 0 Å². The van der Waals surface area contributed by atoms with Gasteiger partial charge in [0, 0.05) is 61.6 Å². The molecule has 2 aromatic heterocycles. The van der Waals surface area contributed by atoms with Gasteiger partial charge in [-0.15, -0.1) is 0 Å². The molecule has 4 aromatic rings. The lowest BCUT2D eigenvalue weighted by Gasteiger charge is -2.47. The predicted molar refractivity (Wildman–Crippen MR) is 149 cm³/mol. The molecule has 0 N–H and O–H groups in total. The van der Waals surface area contributed by atoms with E-state index >= 15 is 0 Å². The molecule has 6 rings (SSSR count). The zero-order valence-corrected chi connectivity index (χ0v) is 21.8. The van der Waals surface area contributed by atoms with E-state index in [0.717, 1.165) is 77.1 Å². The van der Waals surface area contributed by atoms with E-state index in [-0.39, 0.29) is 11.3 Å². The lowest BCUT2D eigenvalue weighted by Crippen LogP contribution is -2.59. The fraction of sp³-hybridized carbons (Fsp3) is 0.290. The number of hydrogen-bond acceptors (Lipinski definition) is 5. The number of aryl methyl sites for hydroxylation is 2. The van der Waals surface area contributed by atoms with Gasteiger partial charge in [-0.1, -0.05) is 49.0 Å². The second-order valence-electron chi connectivity index (χ2n) is 10.6. The van der Waals surface area contributed by atoms with Crippen LogP contribution in [-0.4, -0.2) is 51.8 Å². The Kier molecular flexibility index (Phi) is 5.76. The van der Waals surface area contributed by atoms with E-state index in [9.17, 15) is 10.1 Å². The van der Waals surface area contributed by atoms with Crippen molar-refractivity contribution in [3.05, 3.63) is 89.9 Å². The largest absolute Gasteiger partial charge is 0.368 e. The molecule has 2 fully saturated rings. The summed E-state index contributed by atoms with van der Waals surface area (Å²) in [4.78, 5) is 21.2. The van der Waals surface area contributed by atoms with Crippen LogP contribution in [0.25, 0.3) is 22.0 Å². The van der Waals surface area contributed by atoms with Crippen molar-refractivity contribution < 1.29 is 4.79 Å². The molecule has 1 spiro atoms. The Morgan fingerprint density at radius 2 is 1.92 bits per heavy atom. The minimum Gasteiger partial charge on any atom is -0.368 e. The number of carbonyl (C=O) groups excluding carboxylic acids is 1. The minimum atomic E-state index is -0.0132. The molecule has 2 saturated heterocycles. The maximum Gasteiger partial charge on any atom is 0.245 e. The molecule has 0 saturated carbocycles. The highest BCUT2D eigenvalue weighted by Gasteiger charge is 2.49. The summed E-state index contributed by atoms with van der Waals surface area (Å²) in [5.41, 5.74) is 7.60. The van der Waals surface area contributed by atoms with Crippen LogP contribution in [0.3, 0.4) is 0 Å². The Morgan fingerprint density at radius 3 is 2.66 bits per heavy atom. The van der Waals surface area contributed by atoms with E-state index in [0.29, 0.717) is 12.0 Å². The summed E-state index contributed by atoms with van der Waals surface area (Å²) in [5, 5.41) is 16.2. The number of hydrogen-bond donors (Lipinski definition) is 0. The molecule has 2 aliphatic rings. The summed E-state index contributed by atoms with van der Waals surface area (Å²) in [5.74, 6) is -0.0132. The van der Waals surface area contributed by atoms with Gasteiger partial charge in [0.05, 0.1) is 34.9 Å². The molecule has 7 heteroatoms. The Hall–Kier alpha value is -4.44. The SMILES string of the molecule is C=CC(=O)N1CC2(CCN(c3cnc(Cc4ccccc4)c(-c4c(C)ccc5cnn(C)c45)c3C#N)C2)C1. The zero-order chi connectivity index (χ0) is 26.4. The van der Waals surface area contributed by atoms with Crippen molar-refractivity contribution in [3.8, 4) is 17.2 Å². The van der Waals surface area contributed by atoms with Crippen LogP contribution in [0.4, 0.5) is 5.69 Å². The van der Waals surface area contributed by atoms with Crippen molar-refractivity contribution in [2.45, 2.75) is 19.8 Å². The molecular weight excluding hydrogens is 472 g/mol. The second kappa shape index (κ2) is 9.14. The van der Waals surface area contributed by atoms with E-state index in [1.807, 2.05) is 47.2 Å². The first-order valence-electron chi connectivity index (χ1n) is 13.0. The Balaban J connectivity index is 1.48. The van der Waals surface area contributed by atoms with Crippen LogP contribution in [-0.2, 0) is 18.3 Å². The number of likely N-dealkylation sites (tertiary alicyclic amines) is 1. The molecule has 4 heterocycles. The van der Waals surface area contributed by atoms with Crippen LogP contribution in [0.2, 0.25) is 0 Å². The lowest BCUT2D eigenvalue weighted by atomic mass is 9.79. The summed E-state index contributed by atoms with van der Waals surface area (Å²) < 4.78 is 1.89. The Bertz CT molecular complexity index is 1610. The topological polar surface area (TPSA) is 78.1 Å². The van der Waals surface area contributed by atoms with Crippen molar-refractivity contribution >= 4 is 22.5 Å². The Morgan fingerprint density at radius 1 is 1.13 bits per heavy atom. The molecular formula is C31H30N6O. The van der Waals surface area contributed by atoms with Crippen LogP contribution in [0.5, 0.6) is 0 Å². The highest BCUT2D eigenvalue weighted by Crippen LogP contribution is 2.44. The number of carbonyl (C=O) groups is 1. The van der Waals surface area contributed by atoms with Crippen molar-refractivity contribution in [2.75, 3.05) is 31.1 Å². The van der Waals surface area contributed by atoms with Gasteiger partial charge in [-0.2, -0.15) is 10.4 Å². The first-order valence-corrected chi connectivity index (χ1v) is 13.0. The van der Waals surface area contributed by atoms with E-state index in [4.69, 9.17) is 4.98 Å². The molecule has 0 bridgehead atoms. The molecule has 190 valence electrons. The number of aromatic nitrogens is 3. The summed E-state index contributed by atoms with van der Waals surface area (Å²) >= 11 is 0. The summed E-state index contributed by atoms with van der Waals surface area (Å²) in [6.07, 6.45) is 6.74. The molecule has 2 aromatic carbocycles. The summed E-state index contributed by atoms with van der Waals surface area (Å²) in [6.45, 7) is 8.81. The van der Waals surface area contributed by atoms with Gasteiger partial charge in [-0.25, -0.2) is 0 Å². The van der Waals surface area contributed by atoms with Crippen molar-refractivity contribution in [1.29, 1.82) is 5.26 Å². The predicted octanol–water partition coefficient (Wildman–Crippen LogP) is 4.63. The molecule has 0 aliphatic carbocycles. The smallest absolute Gasteiger partial charge is 0.245 e. The molecule has 2 aliphatic heterocycles. The third-order valence-electron chi connectivity index (χ3n) is 8.14. The van der Waals surface area contributed by atoms with Gasteiger partial charge in [-0.05, 0) is 30.5 Å². The quantitative estimate of drug-likeness (QED) is 0.372. The van der Waals surface area contributed by atoms with Gasteiger partial charge in [-0.3, -0.25) is 14.5 Å². The average Bonchev–Trinajstić information content (AvgIpc) is 3.52. The number of amides is 1. The van der Waals surface area contributed by atoms with E-state index in [1.54, 1.807) is 0 Å². The van der Waals surface area contributed by atoms with E-state index < -0.39 is 0 Å². The molecule has 38 heavy (non-hydrogen) atoms. The fourth-order valence-electron chi connectivity index (χ4n) is 6.22. The number of rotatable bonds is 5. The van der Waals surface area contributed by atoms with Crippen molar-refractivity contribution in [3.63, 3.8) is 0 Å². The van der Waals surface area contributed by atoms with Crippen LogP contribution in [0.15, 0.2) is 67.5 Å². The standard InChI is InChI=1S/C31H30N6O/c1-4-27(38)37-19-31(20-37)12-13-36(18-31)26-17-33-25(14-22-8-6-5-7-9-22)29(24(26)15-32)28-21(2)10-11-23-16-34-35(3)30(23)28/h4-11,16-17H,1,12-14,18-20H2,2-3H3. The number of nitriles is 1. The highest BCUT2D eigenvalue weighted by atomic mass is 16.2. The molecule has 0 atom stereocenters. The second-order valence-corrected chi connectivity index (χ2v) is 10.6. The third-order valence-corrected chi connectivity index (χ3v) is 8.14. The number of anilines is 1. The minimum absolute atomic E-state index is 0.0132. The number of pyridine rings is 1. The third kappa shape index (κ3) is 3.84. The van der Waals surface area contributed by atoms with Crippen LogP contribution in [0.1, 0.15) is 28.8 Å². The number of fused-ring (bicyclic) bond motifs is 1. The van der Waals surface area contributed by atoms with Gasteiger partial charge in [0.2, 0.25) is 5.91 Å². The molecule has 0 radical (unpaired) electrons. The van der Waals surface area contributed by atoms with Gasteiger partial charge in [0.25, 0.3) is 0 Å². The van der Waals surface area contributed by atoms with Crippen LogP contribution < -0.4 is 4.90 Å².